The van der Waals surface area contributed by atoms with Crippen molar-refractivity contribution in [3.63, 3.8) is 0 Å². The lowest BCUT2D eigenvalue weighted by Gasteiger charge is -2.21. The van der Waals surface area contributed by atoms with Gasteiger partial charge in [-0.15, -0.1) is 0 Å². The summed E-state index contributed by atoms with van der Waals surface area (Å²) in [4.78, 5) is 11.7. The lowest BCUT2D eigenvalue weighted by Crippen LogP contribution is -2.42. The predicted molar refractivity (Wildman–Crippen MR) is 67.1 cm³/mol. The monoisotopic (exact) mass is 226 g/mol. The summed E-state index contributed by atoms with van der Waals surface area (Å²) in [6, 6.07) is 0.375. The van der Waals surface area contributed by atoms with Gasteiger partial charge in [-0.25, -0.2) is 0 Å². The summed E-state index contributed by atoms with van der Waals surface area (Å²) in [7, 11) is 0. The van der Waals surface area contributed by atoms with E-state index in [0.29, 0.717) is 12.5 Å². The normalized spacial score (nSPS) is 27.2. The standard InChI is InChI=1S/C13H26N2O/c1-10-5-4-6-11(8-7-10)15-12(16)9-13(2,3)14/h10-11H,4-9,14H2,1-3H3,(H,15,16). The van der Waals surface area contributed by atoms with Crippen LogP contribution in [0.5, 0.6) is 0 Å². The van der Waals surface area contributed by atoms with Crippen molar-refractivity contribution in [1.82, 2.24) is 5.32 Å². The van der Waals surface area contributed by atoms with Crippen LogP contribution in [-0.2, 0) is 4.79 Å². The Balaban J connectivity index is 2.33. The van der Waals surface area contributed by atoms with Crippen LogP contribution in [0.15, 0.2) is 0 Å². The van der Waals surface area contributed by atoms with E-state index in [1.807, 2.05) is 13.8 Å². The van der Waals surface area contributed by atoms with E-state index >= 15 is 0 Å². The summed E-state index contributed by atoms with van der Waals surface area (Å²) in [5, 5.41) is 3.12. The smallest absolute Gasteiger partial charge is 0.222 e. The Hall–Kier alpha value is -0.570. The van der Waals surface area contributed by atoms with Crippen LogP contribution in [0.1, 0.15) is 59.3 Å². The number of rotatable bonds is 3. The lowest BCUT2D eigenvalue weighted by molar-refractivity contribution is -0.122. The molecule has 3 N–H and O–H groups in total. The van der Waals surface area contributed by atoms with E-state index in [2.05, 4.69) is 12.2 Å². The zero-order valence-corrected chi connectivity index (χ0v) is 10.9. The number of hydrogen-bond donors (Lipinski definition) is 2. The van der Waals surface area contributed by atoms with Gasteiger partial charge in [-0.3, -0.25) is 4.79 Å². The minimum Gasteiger partial charge on any atom is -0.353 e. The molecule has 1 fully saturated rings. The molecule has 0 bridgehead atoms. The molecule has 3 heteroatoms. The molecule has 0 radical (unpaired) electrons. The molecular weight excluding hydrogens is 200 g/mol. The van der Waals surface area contributed by atoms with Crippen molar-refractivity contribution in [3.8, 4) is 0 Å². The van der Waals surface area contributed by atoms with Gasteiger partial charge in [0.15, 0.2) is 0 Å². The maximum absolute atomic E-state index is 11.7. The van der Waals surface area contributed by atoms with Crippen LogP contribution < -0.4 is 11.1 Å². The first-order valence-corrected chi connectivity index (χ1v) is 6.45. The molecule has 0 heterocycles. The molecule has 2 atom stereocenters. The molecule has 16 heavy (non-hydrogen) atoms. The van der Waals surface area contributed by atoms with E-state index in [4.69, 9.17) is 5.73 Å². The van der Waals surface area contributed by atoms with Gasteiger partial charge in [-0.1, -0.05) is 19.8 Å². The summed E-state index contributed by atoms with van der Waals surface area (Å²) in [6.45, 7) is 6.08. The zero-order valence-electron chi connectivity index (χ0n) is 10.9. The van der Waals surface area contributed by atoms with Crippen LogP contribution in [0, 0.1) is 5.92 Å². The van der Waals surface area contributed by atoms with Crippen molar-refractivity contribution in [2.45, 2.75) is 70.9 Å². The van der Waals surface area contributed by atoms with Gasteiger partial charge in [-0.05, 0) is 39.0 Å². The Labute approximate surface area is 99.2 Å². The highest BCUT2D eigenvalue weighted by Crippen LogP contribution is 2.22. The molecule has 1 aliphatic rings. The number of carbonyl (C=O) groups excluding carboxylic acids is 1. The quantitative estimate of drug-likeness (QED) is 0.725. The fourth-order valence-corrected chi connectivity index (χ4v) is 2.32. The highest BCUT2D eigenvalue weighted by atomic mass is 16.1. The second-order valence-electron chi connectivity index (χ2n) is 6.04. The molecule has 1 saturated carbocycles. The number of hydrogen-bond acceptors (Lipinski definition) is 2. The third kappa shape index (κ3) is 5.50. The third-order valence-corrected chi connectivity index (χ3v) is 3.24. The fourth-order valence-electron chi connectivity index (χ4n) is 2.32. The lowest BCUT2D eigenvalue weighted by atomic mass is 10.0. The van der Waals surface area contributed by atoms with Gasteiger partial charge in [0.05, 0.1) is 0 Å². The Morgan fingerprint density at radius 3 is 2.62 bits per heavy atom. The number of nitrogens with one attached hydrogen (secondary N) is 1. The Bertz CT molecular complexity index is 233. The first-order valence-electron chi connectivity index (χ1n) is 6.45. The van der Waals surface area contributed by atoms with Crippen LogP contribution in [0.4, 0.5) is 0 Å². The Kier molecular flexibility index (Phi) is 4.78. The van der Waals surface area contributed by atoms with Crippen LogP contribution in [0.25, 0.3) is 0 Å². The molecule has 1 rings (SSSR count). The maximum atomic E-state index is 11.7. The minimum absolute atomic E-state index is 0.104. The van der Waals surface area contributed by atoms with Crippen molar-refractivity contribution in [1.29, 1.82) is 0 Å². The van der Waals surface area contributed by atoms with Crippen LogP contribution in [0.2, 0.25) is 0 Å². The molecule has 0 aromatic carbocycles. The number of carbonyl (C=O) groups is 1. The first kappa shape index (κ1) is 13.5. The van der Waals surface area contributed by atoms with E-state index < -0.39 is 5.54 Å². The average molecular weight is 226 g/mol. The van der Waals surface area contributed by atoms with Crippen molar-refractivity contribution in [3.05, 3.63) is 0 Å². The van der Waals surface area contributed by atoms with E-state index in [1.54, 1.807) is 0 Å². The third-order valence-electron chi connectivity index (χ3n) is 3.24. The summed E-state index contributed by atoms with van der Waals surface area (Å²) < 4.78 is 0. The molecule has 1 amide bonds. The first-order chi connectivity index (χ1) is 7.37. The SMILES string of the molecule is CC1CCCC(NC(=O)CC(C)(C)N)CC1. The summed E-state index contributed by atoms with van der Waals surface area (Å²) in [5.41, 5.74) is 5.43. The molecule has 1 aliphatic carbocycles. The van der Waals surface area contributed by atoms with Gasteiger partial charge in [0, 0.05) is 18.0 Å². The van der Waals surface area contributed by atoms with Gasteiger partial charge in [0.25, 0.3) is 0 Å². The van der Waals surface area contributed by atoms with Gasteiger partial charge in [0.2, 0.25) is 5.91 Å². The van der Waals surface area contributed by atoms with Crippen LogP contribution in [-0.4, -0.2) is 17.5 Å². The van der Waals surface area contributed by atoms with E-state index in [0.717, 1.165) is 18.8 Å². The molecule has 3 nitrogen and oxygen atoms in total. The molecule has 94 valence electrons. The number of amides is 1. The van der Waals surface area contributed by atoms with Crippen LogP contribution >= 0.6 is 0 Å². The topological polar surface area (TPSA) is 55.1 Å². The predicted octanol–water partition coefficient (Wildman–Crippen LogP) is 2.20. The van der Waals surface area contributed by atoms with Crippen molar-refractivity contribution in [2.24, 2.45) is 11.7 Å². The van der Waals surface area contributed by atoms with Gasteiger partial charge < -0.3 is 11.1 Å². The summed E-state index contributed by atoms with van der Waals surface area (Å²) in [5.74, 6) is 0.917. The molecule has 0 saturated heterocycles. The van der Waals surface area contributed by atoms with Gasteiger partial charge in [-0.2, -0.15) is 0 Å². The highest BCUT2D eigenvalue weighted by molar-refractivity contribution is 5.77. The van der Waals surface area contributed by atoms with Gasteiger partial charge in [0.1, 0.15) is 0 Å². The van der Waals surface area contributed by atoms with E-state index in [-0.39, 0.29) is 5.91 Å². The summed E-state index contributed by atoms with van der Waals surface area (Å²) >= 11 is 0. The second-order valence-corrected chi connectivity index (χ2v) is 6.04. The average Bonchev–Trinajstić information content (AvgIpc) is 2.27. The van der Waals surface area contributed by atoms with Crippen LogP contribution in [0.3, 0.4) is 0 Å². The second kappa shape index (κ2) is 5.67. The van der Waals surface area contributed by atoms with E-state index in [1.165, 1.54) is 19.3 Å². The molecule has 0 spiro atoms. The highest BCUT2D eigenvalue weighted by Gasteiger charge is 2.21. The molecule has 2 unspecified atom stereocenters. The zero-order chi connectivity index (χ0) is 12.2. The fraction of sp³-hybridized carbons (Fsp3) is 0.923. The van der Waals surface area contributed by atoms with Crippen molar-refractivity contribution < 1.29 is 4.79 Å². The van der Waals surface area contributed by atoms with Crippen molar-refractivity contribution in [2.75, 3.05) is 0 Å². The van der Waals surface area contributed by atoms with Gasteiger partial charge >= 0.3 is 0 Å². The molecule has 0 aromatic heterocycles. The number of nitrogens with two attached hydrogens (primary N) is 1. The largest absolute Gasteiger partial charge is 0.353 e. The summed E-state index contributed by atoms with van der Waals surface area (Å²) in [6.07, 6.45) is 6.43. The van der Waals surface area contributed by atoms with Crippen molar-refractivity contribution >= 4 is 5.91 Å². The molecule has 0 aliphatic heterocycles. The minimum atomic E-state index is -0.401. The molecule has 0 aromatic rings. The molecular formula is C13H26N2O. The Morgan fingerprint density at radius 1 is 1.31 bits per heavy atom. The maximum Gasteiger partial charge on any atom is 0.222 e. The Morgan fingerprint density at radius 2 is 2.00 bits per heavy atom. The van der Waals surface area contributed by atoms with E-state index in [9.17, 15) is 4.79 Å².